The van der Waals surface area contributed by atoms with Crippen molar-refractivity contribution in [1.82, 2.24) is 4.90 Å². The van der Waals surface area contributed by atoms with Crippen LogP contribution in [0.15, 0.2) is 103 Å². The average molecular weight is 756 g/mol. The SMILES string of the molecule is CCOC(=O)CO[C@@H](C(=O)O)[C@@H](OCCCCO[Si](c1ccccc1)(c1ccccc1)C(C)(C)C)C(=O)N(C)CCCCCc1ccc2ccccc2c1. The van der Waals surface area contributed by atoms with E-state index in [-0.39, 0.29) is 18.3 Å². The quantitative estimate of drug-likeness (QED) is 0.0531. The molecule has 0 saturated carbocycles. The van der Waals surface area contributed by atoms with E-state index in [9.17, 15) is 19.5 Å². The molecule has 4 aromatic rings. The van der Waals surface area contributed by atoms with Gasteiger partial charge in [-0.1, -0.05) is 130 Å². The molecule has 1 N–H and O–H groups in total. The summed E-state index contributed by atoms with van der Waals surface area (Å²) in [7, 11) is -1.08. The predicted molar refractivity (Wildman–Crippen MR) is 216 cm³/mol. The second kappa shape index (κ2) is 20.9. The molecule has 0 aliphatic rings. The molecule has 1 amide bonds. The van der Waals surface area contributed by atoms with Crippen LogP contribution in [0.5, 0.6) is 0 Å². The van der Waals surface area contributed by atoms with Gasteiger partial charge >= 0.3 is 11.9 Å². The Morgan fingerprint density at radius 3 is 1.94 bits per heavy atom. The summed E-state index contributed by atoms with van der Waals surface area (Å²) < 4.78 is 23.4. The smallest absolute Gasteiger partial charge is 0.336 e. The fraction of sp³-hybridized carbons (Fsp3) is 0.432. The van der Waals surface area contributed by atoms with Crippen LogP contribution in [0.3, 0.4) is 0 Å². The van der Waals surface area contributed by atoms with Gasteiger partial charge in [-0.25, -0.2) is 9.59 Å². The third kappa shape index (κ3) is 11.6. The molecular formula is C44H57NO8Si. The number of esters is 1. The van der Waals surface area contributed by atoms with E-state index in [1.807, 2.05) is 48.5 Å². The number of carboxylic acid groups (broad SMARTS) is 1. The Bertz CT molecular complexity index is 1720. The van der Waals surface area contributed by atoms with Crippen LogP contribution >= 0.6 is 0 Å². The molecule has 2 atom stereocenters. The Kier molecular flexibility index (Phi) is 16.4. The van der Waals surface area contributed by atoms with Gasteiger partial charge in [0.1, 0.15) is 6.61 Å². The molecule has 0 spiro atoms. The van der Waals surface area contributed by atoms with Gasteiger partial charge in [-0.3, -0.25) is 4.79 Å². The van der Waals surface area contributed by atoms with Crippen molar-refractivity contribution >= 4 is 47.3 Å². The lowest BCUT2D eigenvalue weighted by atomic mass is 10.0. The summed E-state index contributed by atoms with van der Waals surface area (Å²) in [5, 5.41) is 14.8. The van der Waals surface area contributed by atoms with Crippen LogP contribution in [-0.4, -0.2) is 88.4 Å². The Hall–Kier alpha value is -4.35. The second-order valence-electron chi connectivity index (χ2n) is 14.6. The molecule has 0 aromatic heterocycles. The Labute approximate surface area is 321 Å². The number of nitrogens with zero attached hydrogens (tertiary/aromatic N) is 1. The number of hydrogen-bond donors (Lipinski definition) is 1. The van der Waals surface area contributed by atoms with Crippen molar-refractivity contribution in [3.8, 4) is 0 Å². The number of carbonyl (C=O) groups excluding carboxylic acids is 2. The molecule has 4 aromatic carbocycles. The number of rotatable bonds is 22. The van der Waals surface area contributed by atoms with Crippen molar-refractivity contribution in [1.29, 1.82) is 0 Å². The normalized spacial score (nSPS) is 13.0. The van der Waals surface area contributed by atoms with Crippen LogP contribution in [-0.2, 0) is 39.4 Å². The van der Waals surface area contributed by atoms with Gasteiger partial charge in [0.25, 0.3) is 14.2 Å². The standard InChI is InChI=1S/C44H57NO8Si/c1-6-50-39(46)33-52-41(43(48)49)40(42(47)45(5)29-17-9-10-20-34-27-28-35-21-15-16-22-36(35)32-34)51-30-18-19-31-53-54(44(2,3)4,37-23-11-7-12-24-37)38-25-13-8-14-26-38/h7-8,11-16,21-28,32,40-41H,6,9-10,17-20,29-31,33H2,1-5H3,(H,48,49)/t40-,41-/m1/s1. The van der Waals surface area contributed by atoms with E-state index in [1.54, 1.807) is 14.0 Å². The van der Waals surface area contributed by atoms with Gasteiger partial charge in [0.15, 0.2) is 12.2 Å². The summed E-state index contributed by atoms with van der Waals surface area (Å²) in [6.07, 6.45) is 1.52. The molecular weight excluding hydrogens is 699 g/mol. The largest absolute Gasteiger partial charge is 0.479 e. The molecule has 4 rings (SSSR count). The van der Waals surface area contributed by atoms with Crippen molar-refractivity contribution in [3.05, 3.63) is 109 Å². The van der Waals surface area contributed by atoms with E-state index in [0.717, 1.165) is 25.7 Å². The Morgan fingerprint density at radius 2 is 1.33 bits per heavy atom. The molecule has 0 aliphatic heterocycles. The Morgan fingerprint density at radius 1 is 0.722 bits per heavy atom. The molecule has 0 bridgehead atoms. The maximum absolute atomic E-state index is 13.8. The highest BCUT2D eigenvalue weighted by atomic mass is 28.4. The minimum Gasteiger partial charge on any atom is -0.479 e. The van der Waals surface area contributed by atoms with E-state index in [4.69, 9.17) is 18.6 Å². The molecule has 54 heavy (non-hydrogen) atoms. The number of carbonyl (C=O) groups is 3. The maximum Gasteiger partial charge on any atom is 0.336 e. The van der Waals surface area contributed by atoms with Gasteiger partial charge in [0.2, 0.25) is 0 Å². The van der Waals surface area contributed by atoms with Gasteiger partial charge in [-0.05, 0) is 70.8 Å². The van der Waals surface area contributed by atoms with E-state index in [2.05, 4.69) is 75.4 Å². The predicted octanol–water partition coefficient (Wildman–Crippen LogP) is 6.79. The molecule has 0 radical (unpaired) electrons. The molecule has 0 saturated heterocycles. The highest BCUT2D eigenvalue weighted by Crippen LogP contribution is 2.36. The topological polar surface area (TPSA) is 112 Å². The van der Waals surface area contributed by atoms with Crippen molar-refractivity contribution < 1.29 is 38.1 Å². The molecule has 0 aliphatic carbocycles. The Balaban J connectivity index is 1.36. The number of hydrogen-bond acceptors (Lipinski definition) is 7. The summed E-state index contributed by atoms with van der Waals surface area (Å²) >= 11 is 0. The van der Waals surface area contributed by atoms with Gasteiger partial charge in [0.05, 0.1) is 6.61 Å². The molecule has 0 unspecified atom stereocenters. The van der Waals surface area contributed by atoms with Crippen molar-refractivity contribution in [2.75, 3.05) is 40.0 Å². The van der Waals surface area contributed by atoms with Crippen LogP contribution in [0, 0.1) is 0 Å². The number of likely N-dealkylation sites (N-methyl/N-ethyl adjacent to an activating group) is 1. The number of amides is 1. The third-order valence-corrected chi connectivity index (χ3v) is 14.7. The highest BCUT2D eigenvalue weighted by Gasteiger charge is 2.50. The van der Waals surface area contributed by atoms with Crippen LogP contribution < -0.4 is 10.4 Å². The van der Waals surface area contributed by atoms with E-state index in [1.165, 1.54) is 31.6 Å². The minimum absolute atomic E-state index is 0.104. The van der Waals surface area contributed by atoms with E-state index >= 15 is 0 Å². The zero-order valence-electron chi connectivity index (χ0n) is 32.5. The molecule has 9 nitrogen and oxygen atoms in total. The lowest BCUT2D eigenvalue weighted by Gasteiger charge is -2.43. The van der Waals surface area contributed by atoms with Gasteiger partial charge < -0.3 is 28.6 Å². The van der Waals surface area contributed by atoms with E-state index in [0.29, 0.717) is 26.0 Å². The van der Waals surface area contributed by atoms with Crippen molar-refractivity contribution in [3.63, 3.8) is 0 Å². The van der Waals surface area contributed by atoms with Crippen molar-refractivity contribution in [2.45, 2.75) is 83.5 Å². The average Bonchev–Trinajstić information content (AvgIpc) is 3.16. The highest BCUT2D eigenvalue weighted by molar-refractivity contribution is 6.99. The summed E-state index contributed by atoms with van der Waals surface area (Å²) in [6.45, 7) is 8.82. The lowest BCUT2D eigenvalue weighted by molar-refractivity contribution is -0.177. The third-order valence-electron chi connectivity index (χ3n) is 9.67. The lowest BCUT2D eigenvalue weighted by Crippen LogP contribution is -2.66. The second-order valence-corrected chi connectivity index (χ2v) is 18.9. The van der Waals surface area contributed by atoms with Gasteiger partial charge in [-0.2, -0.15) is 0 Å². The molecule has 0 heterocycles. The first-order chi connectivity index (χ1) is 26.0. The summed E-state index contributed by atoms with van der Waals surface area (Å²) in [6, 6.07) is 35.6. The fourth-order valence-electron chi connectivity index (χ4n) is 6.91. The summed E-state index contributed by atoms with van der Waals surface area (Å²) in [5.74, 6) is -2.61. The molecule has 290 valence electrons. The zero-order chi connectivity index (χ0) is 39.0. The summed E-state index contributed by atoms with van der Waals surface area (Å²) in [4.78, 5) is 39.8. The number of unbranched alkanes of at least 4 members (excludes halogenated alkanes) is 3. The van der Waals surface area contributed by atoms with Crippen LogP contribution in [0.2, 0.25) is 5.04 Å². The minimum atomic E-state index is -2.72. The number of ether oxygens (including phenoxy) is 3. The maximum atomic E-state index is 13.8. The van der Waals surface area contributed by atoms with Crippen LogP contribution in [0.4, 0.5) is 0 Å². The first-order valence-electron chi connectivity index (χ1n) is 19.1. The first kappa shape index (κ1) is 42.4. The van der Waals surface area contributed by atoms with Crippen LogP contribution in [0.25, 0.3) is 10.8 Å². The molecule has 10 heteroatoms. The van der Waals surface area contributed by atoms with Crippen molar-refractivity contribution in [2.24, 2.45) is 0 Å². The number of benzene rings is 4. The number of fused-ring (bicyclic) bond motifs is 1. The fourth-order valence-corrected chi connectivity index (χ4v) is 11.5. The zero-order valence-corrected chi connectivity index (χ0v) is 33.5. The van der Waals surface area contributed by atoms with Gasteiger partial charge in [-0.15, -0.1) is 0 Å². The first-order valence-corrected chi connectivity index (χ1v) is 21.0. The summed E-state index contributed by atoms with van der Waals surface area (Å²) in [5.41, 5.74) is 1.27. The molecule has 0 fully saturated rings. The van der Waals surface area contributed by atoms with Crippen LogP contribution in [0.1, 0.15) is 65.4 Å². The number of aryl methyl sites for hydroxylation is 1. The van der Waals surface area contributed by atoms with E-state index < -0.39 is 45.0 Å². The number of carboxylic acids is 1. The monoisotopic (exact) mass is 755 g/mol. The van der Waals surface area contributed by atoms with Gasteiger partial charge in [0, 0.05) is 26.8 Å². The number of aliphatic carboxylic acids is 1.